The lowest BCUT2D eigenvalue weighted by Gasteiger charge is -2.24. The van der Waals surface area contributed by atoms with Crippen LogP contribution in [-0.4, -0.2) is 44.9 Å². The molecule has 0 bridgehead atoms. The molecule has 1 aliphatic rings. The number of rotatable bonds is 5. The molecule has 2 aromatic rings. The highest BCUT2D eigenvalue weighted by Crippen LogP contribution is 2.39. The standard InChI is InChI=1S/C20H18N2O6/c1-12-2-4-14(5-3-12)18(24)16-17(21(10-11-23)20(26)19(16)25)13-6-8-15(9-7-13)22(27)28/h2-9,17,23-24H,10-11H2,1H3/b18-16+/t17-/m1/s1. The average Bonchev–Trinajstić information content (AvgIpc) is 2.93. The third-order valence-corrected chi connectivity index (χ3v) is 4.63. The minimum atomic E-state index is -0.950. The van der Waals surface area contributed by atoms with E-state index in [0.29, 0.717) is 11.1 Å². The Kier molecular flexibility index (Phi) is 5.23. The second-order valence-corrected chi connectivity index (χ2v) is 6.43. The number of benzene rings is 2. The lowest BCUT2D eigenvalue weighted by Crippen LogP contribution is -2.32. The van der Waals surface area contributed by atoms with Gasteiger partial charge in [-0.25, -0.2) is 0 Å². The zero-order chi connectivity index (χ0) is 20.4. The monoisotopic (exact) mass is 382 g/mol. The summed E-state index contributed by atoms with van der Waals surface area (Å²) >= 11 is 0. The highest BCUT2D eigenvalue weighted by molar-refractivity contribution is 6.46. The molecule has 8 heteroatoms. The summed E-state index contributed by atoms with van der Waals surface area (Å²) in [7, 11) is 0. The molecule has 3 rings (SSSR count). The number of aliphatic hydroxyl groups is 2. The Morgan fingerprint density at radius 3 is 2.25 bits per heavy atom. The number of nitro groups is 1. The van der Waals surface area contributed by atoms with E-state index < -0.39 is 22.7 Å². The smallest absolute Gasteiger partial charge is 0.295 e. The van der Waals surface area contributed by atoms with E-state index in [0.717, 1.165) is 10.5 Å². The van der Waals surface area contributed by atoms with Gasteiger partial charge in [-0.05, 0) is 24.6 Å². The summed E-state index contributed by atoms with van der Waals surface area (Å²) in [5.41, 5.74) is 1.51. The SMILES string of the molecule is Cc1ccc(/C(O)=C2\C(=O)C(=O)N(CCO)[C@@H]2c2ccc([N+](=O)[O-])cc2)cc1. The maximum Gasteiger partial charge on any atom is 0.295 e. The molecule has 1 heterocycles. The first-order valence-electron chi connectivity index (χ1n) is 8.55. The Labute approximate surface area is 160 Å². The van der Waals surface area contributed by atoms with Crippen LogP contribution in [0.4, 0.5) is 5.69 Å². The fourth-order valence-electron chi connectivity index (χ4n) is 3.21. The molecule has 1 saturated heterocycles. The van der Waals surface area contributed by atoms with Crippen LogP contribution in [0.5, 0.6) is 0 Å². The average molecular weight is 382 g/mol. The molecule has 2 N–H and O–H groups in total. The summed E-state index contributed by atoms with van der Waals surface area (Å²) in [6, 6.07) is 11.2. The van der Waals surface area contributed by atoms with Crippen molar-refractivity contribution < 1.29 is 24.7 Å². The fourth-order valence-corrected chi connectivity index (χ4v) is 3.21. The van der Waals surface area contributed by atoms with E-state index in [1.54, 1.807) is 24.3 Å². The molecule has 1 fully saturated rings. The summed E-state index contributed by atoms with van der Waals surface area (Å²) < 4.78 is 0. The van der Waals surface area contributed by atoms with Gasteiger partial charge in [0.1, 0.15) is 5.76 Å². The van der Waals surface area contributed by atoms with Crippen molar-refractivity contribution in [2.45, 2.75) is 13.0 Å². The van der Waals surface area contributed by atoms with Crippen LogP contribution in [-0.2, 0) is 9.59 Å². The van der Waals surface area contributed by atoms with Crippen LogP contribution >= 0.6 is 0 Å². The Balaban J connectivity index is 2.15. The minimum Gasteiger partial charge on any atom is -0.507 e. The van der Waals surface area contributed by atoms with Gasteiger partial charge in [0.05, 0.1) is 23.1 Å². The zero-order valence-corrected chi connectivity index (χ0v) is 15.0. The molecule has 0 aromatic heterocycles. The van der Waals surface area contributed by atoms with E-state index >= 15 is 0 Å². The van der Waals surface area contributed by atoms with Crippen molar-refractivity contribution in [3.05, 3.63) is 80.9 Å². The van der Waals surface area contributed by atoms with Crippen LogP contribution in [0.1, 0.15) is 22.7 Å². The van der Waals surface area contributed by atoms with Gasteiger partial charge in [0, 0.05) is 24.2 Å². The Morgan fingerprint density at radius 2 is 1.71 bits per heavy atom. The fraction of sp³-hybridized carbons (Fsp3) is 0.200. The van der Waals surface area contributed by atoms with Crippen LogP contribution in [0, 0.1) is 17.0 Å². The number of Topliss-reactive ketones (excluding diaryl/α,β-unsaturated/α-hetero) is 1. The Morgan fingerprint density at radius 1 is 1.11 bits per heavy atom. The third-order valence-electron chi connectivity index (χ3n) is 4.63. The maximum absolute atomic E-state index is 12.6. The van der Waals surface area contributed by atoms with Crippen LogP contribution in [0.25, 0.3) is 5.76 Å². The summed E-state index contributed by atoms with van der Waals surface area (Å²) in [6.07, 6.45) is 0. The number of carbonyl (C=O) groups is 2. The number of likely N-dealkylation sites (tertiary alicyclic amines) is 1. The molecule has 144 valence electrons. The molecule has 1 atom stereocenters. The van der Waals surface area contributed by atoms with Crippen LogP contribution in [0.3, 0.4) is 0 Å². The lowest BCUT2D eigenvalue weighted by atomic mass is 9.95. The van der Waals surface area contributed by atoms with Gasteiger partial charge in [0.2, 0.25) is 0 Å². The first kappa shape index (κ1) is 19.2. The van der Waals surface area contributed by atoms with E-state index in [-0.39, 0.29) is 30.2 Å². The molecule has 0 unspecified atom stereocenters. The lowest BCUT2D eigenvalue weighted by molar-refractivity contribution is -0.384. The van der Waals surface area contributed by atoms with Crippen LogP contribution in [0.15, 0.2) is 54.1 Å². The Bertz CT molecular complexity index is 963. The molecule has 1 aliphatic heterocycles. The maximum atomic E-state index is 12.6. The summed E-state index contributed by atoms with van der Waals surface area (Å²) in [4.78, 5) is 36.6. The number of hydrogen-bond acceptors (Lipinski definition) is 6. The van der Waals surface area contributed by atoms with Gasteiger partial charge in [-0.15, -0.1) is 0 Å². The molecule has 2 aromatic carbocycles. The van der Waals surface area contributed by atoms with E-state index in [1.165, 1.54) is 24.3 Å². The van der Waals surface area contributed by atoms with Gasteiger partial charge in [0.25, 0.3) is 17.4 Å². The van der Waals surface area contributed by atoms with Crippen LogP contribution < -0.4 is 0 Å². The Hall–Kier alpha value is -3.52. The van der Waals surface area contributed by atoms with Crippen molar-refractivity contribution in [3.63, 3.8) is 0 Å². The summed E-state index contributed by atoms with van der Waals surface area (Å²) in [6.45, 7) is 1.39. The van der Waals surface area contributed by atoms with Gasteiger partial charge in [-0.2, -0.15) is 0 Å². The predicted octanol–water partition coefficient (Wildman–Crippen LogP) is 2.32. The number of aryl methyl sites for hydroxylation is 1. The van der Waals surface area contributed by atoms with Crippen molar-refractivity contribution in [3.8, 4) is 0 Å². The number of β-amino-alcohol motifs (C(OH)–C–C–N with tert-alkyl or cyclic N) is 1. The first-order chi connectivity index (χ1) is 13.3. The second-order valence-electron chi connectivity index (χ2n) is 6.43. The number of non-ortho nitro benzene ring substituents is 1. The second kappa shape index (κ2) is 7.61. The van der Waals surface area contributed by atoms with Gasteiger partial charge in [0.15, 0.2) is 0 Å². The van der Waals surface area contributed by atoms with Gasteiger partial charge in [-0.3, -0.25) is 19.7 Å². The number of nitrogens with zero attached hydrogens (tertiary/aromatic N) is 2. The van der Waals surface area contributed by atoms with E-state index in [1.807, 2.05) is 6.92 Å². The molecule has 0 aliphatic carbocycles. The number of carbonyl (C=O) groups excluding carboxylic acids is 2. The quantitative estimate of drug-likeness (QED) is 0.269. The molecule has 1 amide bonds. The van der Waals surface area contributed by atoms with Crippen molar-refractivity contribution in [1.29, 1.82) is 0 Å². The van der Waals surface area contributed by atoms with E-state index in [4.69, 9.17) is 0 Å². The number of ketones is 1. The number of hydrogen-bond donors (Lipinski definition) is 2. The predicted molar refractivity (Wildman–Crippen MR) is 100 cm³/mol. The van der Waals surface area contributed by atoms with E-state index in [2.05, 4.69) is 0 Å². The summed E-state index contributed by atoms with van der Waals surface area (Å²) in [5, 5.41) is 31.0. The van der Waals surface area contributed by atoms with Gasteiger partial charge in [-0.1, -0.05) is 29.8 Å². The van der Waals surface area contributed by atoms with E-state index in [9.17, 15) is 29.9 Å². The van der Waals surface area contributed by atoms with Crippen LogP contribution in [0.2, 0.25) is 0 Å². The van der Waals surface area contributed by atoms with Gasteiger partial charge >= 0.3 is 0 Å². The first-order valence-corrected chi connectivity index (χ1v) is 8.55. The van der Waals surface area contributed by atoms with Crippen molar-refractivity contribution in [1.82, 2.24) is 4.90 Å². The molecule has 0 saturated carbocycles. The molecule has 0 spiro atoms. The zero-order valence-electron chi connectivity index (χ0n) is 15.0. The molecular weight excluding hydrogens is 364 g/mol. The number of aliphatic hydroxyl groups excluding tert-OH is 2. The largest absolute Gasteiger partial charge is 0.507 e. The topological polar surface area (TPSA) is 121 Å². The van der Waals surface area contributed by atoms with Gasteiger partial charge < -0.3 is 15.1 Å². The molecule has 0 radical (unpaired) electrons. The number of nitro benzene ring substituents is 1. The summed E-state index contributed by atoms with van der Waals surface area (Å²) in [5.74, 6) is -2.04. The molecule has 8 nitrogen and oxygen atoms in total. The molecular formula is C20H18N2O6. The van der Waals surface area contributed by atoms with Crippen molar-refractivity contribution >= 4 is 23.1 Å². The minimum absolute atomic E-state index is 0.114. The highest BCUT2D eigenvalue weighted by Gasteiger charge is 2.45. The third kappa shape index (κ3) is 3.37. The highest BCUT2D eigenvalue weighted by atomic mass is 16.6. The van der Waals surface area contributed by atoms with Crippen molar-refractivity contribution in [2.24, 2.45) is 0 Å². The normalized spacial score (nSPS) is 18.5. The van der Waals surface area contributed by atoms with Crippen molar-refractivity contribution in [2.75, 3.05) is 13.2 Å². The molecule has 28 heavy (non-hydrogen) atoms. The number of amides is 1.